The average Bonchev–Trinajstić information content (AvgIpc) is 2.38. The summed E-state index contributed by atoms with van der Waals surface area (Å²) in [5, 5.41) is 13.9. The zero-order valence-electron chi connectivity index (χ0n) is 10.2. The average molecular weight is 281 g/mol. The molecule has 0 bridgehead atoms. The topological polar surface area (TPSA) is 104 Å². The lowest BCUT2D eigenvalue weighted by Gasteiger charge is -2.06. The largest absolute Gasteiger partial charge is 0.508 e. The number of nitrogens with two attached hydrogens (primary N) is 1. The molecule has 0 aliphatic rings. The predicted molar refractivity (Wildman–Crippen MR) is 74.6 cm³/mol. The highest BCUT2D eigenvalue weighted by molar-refractivity contribution is 7.80. The van der Waals surface area contributed by atoms with E-state index in [1.165, 1.54) is 0 Å². The molecule has 0 saturated carbocycles. The molecule has 0 radical (unpaired) electrons. The minimum Gasteiger partial charge on any atom is -0.508 e. The third-order valence-electron chi connectivity index (χ3n) is 2.26. The number of rotatable bonds is 5. The minimum atomic E-state index is -0.765. The first-order valence-corrected chi connectivity index (χ1v) is 6.02. The smallest absolute Gasteiger partial charge is 0.309 e. The van der Waals surface area contributed by atoms with Gasteiger partial charge in [0.05, 0.1) is 11.5 Å². The lowest BCUT2D eigenvalue weighted by molar-refractivity contribution is -0.139. The Balaban J connectivity index is 2.28. The van der Waals surface area contributed by atoms with Gasteiger partial charge < -0.3 is 21.5 Å². The first-order chi connectivity index (χ1) is 8.99. The van der Waals surface area contributed by atoms with Crippen LogP contribution in [-0.2, 0) is 16.0 Å². The number of carbonyl (C=O) groups excluding carboxylic acids is 2. The Morgan fingerprint density at radius 1 is 1.16 bits per heavy atom. The van der Waals surface area contributed by atoms with E-state index in [2.05, 4.69) is 22.9 Å². The van der Waals surface area contributed by atoms with Crippen LogP contribution in [0.3, 0.4) is 0 Å². The second kappa shape index (κ2) is 7.32. The van der Waals surface area contributed by atoms with Crippen molar-refractivity contribution >= 4 is 29.0 Å². The van der Waals surface area contributed by atoms with Gasteiger partial charge in [0.1, 0.15) is 5.75 Å². The van der Waals surface area contributed by atoms with E-state index in [1.807, 2.05) is 0 Å². The molecule has 6 nitrogen and oxygen atoms in total. The number of amides is 2. The maximum atomic E-state index is 11.4. The number of hydrogen-bond acceptors (Lipinski definition) is 4. The monoisotopic (exact) mass is 281 g/mol. The van der Waals surface area contributed by atoms with Crippen LogP contribution in [0.5, 0.6) is 5.75 Å². The Hall–Kier alpha value is -2.15. The van der Waals surface area contributed by atoms with Gasteiger partial charge in [-0.1, -0.05) is 24.4 Å². The quantitative estimate of drug-likeness (QED) is 0.428. The van der Waals surface area contributed by atoms with Gasteiger partial charge in [0, 0.05) is 6.54 Å². The summed E-state index contributed by atoms with van der Waals surface area (Å²) in [6.45, 7) is 0.323. The molecule has 0 fully saturated rings. The lowest BCUT2D eigenvalue weighted by atomic mass is 10.1. The Kier molecular flexibility index (Phi) is 5.74. The van der Waals surface area contributed by atoms with Crippen LogP contribution in [0.15, 0.2) is 24.3 Å². The molecule has 7 heteroatoms. The molecular formula is C12H15N3O3S. The van der Waals surface area contributed by atoms with Gasteiger partial charge in [-0.2, -0.15) is 0 Å². The zero-order valence-corrected chi connectivity index (χ0v) is 11.0. The minimum absolute atomic E-state index is 0.000448. The van der Waals surface area contributed by atoms with Crippen molar-refractivity contribution in [2.24, 2.45) is 5.73 Å². The summed E-state index contributed by atoms with van der Waals surface area (Å²) in [5.41, 5.74) is 6.14. The zero-order chi connectivity index (χ0) is 14.3. The molecular weight excluding hydrogens is 266 g/mol. The van der Waals surface area contributed by atoms with Crippen molar-refractivity contribution in [1.29, 1.82) is 0 Å². The third-order valence-corrected chi connectivity index (χ3v) is 2.41. The summed E-state index contributed by atoms with van der Waals surface area (Å²) in [6, 6.07) is 6.61. The normalized spacial score (nSPS) is 9.68. The van der Waals surface area contributed by atoms with Crippen molar-refractivity contribution in [3.63, 3.8) is 0 Å². The third kappa shape index (κ3) is 5.82. The molecule has 19 heavy (non-hydrogen) atoms. The van der Waals surface area contributed by atoms with E-state index in [4.69, 9.17) is 10.8 Å². The molecule has 0 aromatic heterocycles. The molecule has 0 saturated heterocycles. The Labute approximate surface area is 116 Å². The lowest BCUT2D eigenvalue weighted by Crippen LogP contribution is -2.43. The number of phenols is 1. The van der Waals surface area contributed by atoms with E-state index in [9.17, 15) is 9.59 Å². The van der Waals surface area contributed by atoms with Crippen molar-refractivity contribution in [2.45, 2.75) is 6.42 Å². The van der Waals surface area contributed by atoms with Gasteiger partial charge in [0.2, 0.25) is 0 Å². The number of nitrogens with one attached hydrogen (secondary N) is 2. The molecule has 1 rings (SSSR count). The molecule has 0 atom stereocenters. The molecule has 0 unspecified atom stereocenters. The molecule has 1 aromatic rings. The maximum absolute atomic E-state index is 11.4. The van der Waals surface area contributed by atoms with E-state index >= 15 is 0 Å². The van der Waals surface area contributed by atoms with Crippen molar-refractivity contribution in [3.05, 3.63) is 29.8 Å². The predicted octanol–water partition coefficient (Wildman–Crippen LogP) is -0.547. The van der Waals surface area contributed by atoms with Crippen LogP contribution in [0.2, 0.25) is 0 Å². The summed E-state index contributed by atoms with van der Waals surface area (Å²) < 4.78 is 0. The fraction of sp³-hybridized carbons (Fsp3) is 0.250. The standard InChI is InChI=1S/C12H15N3O3S/c13-10(19)7-15-12(18)11(17)14-6-5-8-1-3-9(16)4-2-8/h1-4,16H,5-7H2,(H2,13,19)(H,14,17)(H,15,18). The highest BCUT2D eigenvalue weighted by Crippen LogP contribution is 2.09. The van der Waals surface area contributed by atoms with Gasteiger partial charge in [-0.25, -0.2) is 0 Å². The fourth-order valence-corrected chi connectivity index (χ4v) is 1.38. The number of carbonyl (C=O) groups is 2. The highest BCUT2D eigenvalue weighted by Gasteiger charge is 2.12. The Bertz CT molecular complexity index is 474. The Morgan fingerprint density at radius 2 is 1.74 bits per heavy atom. The highest BCUT2D eigenvalue weighted by atomic mass is 32.1. The van der Waals surface area contributed by atoms with Crippen LogP contribution < -0.4 is 16.4 Å². The van der Waals surface area contributed by atoms with Gasteiger partial charge in [0.25, 0.3) is 0 Å². The van der Waals surface area contributed by atoms with E-state index in [0.717, 1.165) is 5.56 Å². The van der Waals surface area contributed by atoms with Crippen molar-refractivity contribution < 1.29 is 14.7 Å². The van der Waals surface area contributed by atoms with Gasteiger partial charge >= 0.3 is 11.8 Å². The molecule has 0 heterocycles. The number of phenolic OH excluding ortho intramolecular Hbond substituents is 1. The summed E-state index contributed by atoms with van der Waals surface area (Å²) in [5.74, 6) is -1.31. The second-order valence-corrected chi connectivity index (χ2v) is 4.35. The van der Waals surface area contributed by atoms with Crippen molar-refractivity contribution in [2.75, 3.05) is 13.1 Å². The fourth-order valence-electron chi connectivity index (χ4n) is 1.31. The number of thiocarbonyl (C=S) groups is 1. The number of aromatic hydroxyl groups is 1. The molecule has 0 aliphatic carbocycles. The summed E-state index contributed by atoms with van der Waals surface area (Å²) in [6.07, 6.45) is 0.564. The molecule has 0 aliphatic heterocycles. The summed E-state index contributed by atoms with van der Waals surface area (Å²) in [7, 11) is 0. The number of benzene rings is 1. The van der Waals surface area contributed by atoms with Crippen molar-refractivity contribution in [1.82, 2.24) is 10.6 Å². The van der Waals surface area contributed by atoms with Crippen molar-refractivity contribution in [3.8, 4) is 5.75 Å². The molecule has 1 aromatic carbocycles. The van der Waals surface area contributed by atoms with Crippen LogP contribution in [0.25, 0.3) is 0 Å². The molecule has 2 amide bonds. The van der Waals surface area contributed by atoms with Gasteiger partial charge in [-0.3, -0.25) is 9.59 Å². The van der Waals surface area contributed by atoms with Crippen LogP contribution in [-0.4, -0.2) is 35.0 Å². The van der Waals surface area contributed by atoms with Crippen LogP contribution >= 0.6 is 12.2 Å². The first-order valence-electron chi connectivity index (χ1n) is 5.61. The van der Waals surface area contributed by atoms with Gasteiger partial charge in [0.15, 0.2) is 0 Å². The van der Waals surface area contributed by atoms with Crippen LogP contribution in [0.4, 0.5) is 0 Å². The van der Waals surface area contributed by atoms with Gasteiger partial charge in [-0.05, 0) is 24.1 Å². The van der Waals surface area contributed by atoms with Gasteiger partial charge in [-0.15, -0.1) is 0 Å². The molecule has 0 spiro atoms. The summed E-state index contributed by atoms with van der Waals surface area (Å²) in [4.78, 5) is 22.7. The second-order valence-electron chi connectivity index (χ2n) is 3.82. The van der Waals surface area contributed by atoms with E-state index < -0.39 is 11.8 Å². The number of hydrogen-bond donors (Lipinski definition) is 4. The van der Waals surface area contributed by atoms with E-state index in [1.54, 1.807) is 24.3 Å². The van der Waals surface area contributed by atoms with Crippen LogP contribution in [0.1, 0.15) is 5.56 Å². The van der Waals surface area contributed by atoms with E-state index in [-0.39, 0.29) is 17.3 Å². The molecule has 102 valence electrons. The van der Waals surface area contributed by atoms with E-state index in [0.29, 0.717) is 13.0 Å². The first kappa shape index (κ1) is 14.9. The maximum Gasteiger partial charge on any atom is 0.309 e. The van der Waals surface area contributed by atoms with Crippen LogP contribution in [0, 0.1) is 0 Å². The summed E-state index contributed by atoms with van der Waals surface area (Å²) >= 11 is 4.57. The Morgan fingerprint density at radius 3 is 2.32 bits per heavy atom. The molecule has 5 N–H and O–H groups in total. The SMILES string of the molecule is NC(=S)CNC(=O)C(=O)NCCc1ccc(O)cc1.